The van der Waals surface area contributed by atoms with Crippen LogP contribution in [0.25, 0.3) is 0 Å². The van der Waals surface area contributed by atoms with Crippen LogP contribution in [0.2, 0.25) is 5.02 Å². The fourth-order valence-electron chi connectivity index (χ4n) is 2.34. The lowest BCUT2D eigenvalue weighted by atomic mass is 10.2. The molecule has 0 saturated heterocycles. The second kappa shape index (κ2) is 8.92. The van der Waals surface area contributed by atoms with Gasteiger partial charge in [-0.05, 0) is 36.4 Å². The van der Waals surface area contributed by atoms with Crippen LogP contribution in [0.3, 0.4) is 0 Å². The minimum atomic E-state index is -0.264. The van der Waals surface area contributed by atoms with Gasteiger partial charge in [0.15, 0.2) is 0 Å². The number of hydrogen-bond donors (Lipinski definition) is 1. The van der Waals surface area contributed by atoms with Gasteiger partial charge in [0.25, 0.3) is 5.91 Å². The Morgan fingerprint density at radius 3 is 2.23 bits per heavy atom. The van der Waals surface area contributed by atoms with Crippen LogP contribution in [-0.2, 0) is 0 Å². The second-order valence-electron chi connectivity index (χ2n) is 5.47. The highest BCUT2D eigenvalue weighted by Gasteiger charge is 2.10. The summed E-state index contributed by atoms with van der Waals surface area (Å²) in [5, 5.41) is 3.23. The number of nitrogens with one attached hydrogen (secondary N) is 1. The fraction of sp³-hybridized carbons (Fsp3) is 0.0952. The smallest absolute Gasteiger partial charge is 0.257 e. The van der Waals surface area contributed by atoms with E-state index in [9.17, 15) is 4.79 Å². The number of carbonyl (C=O) groups excluding carboxylic acids is 1. The Kier molecular flexibility index (Phi) is 6.12. The normalized spacial score (nSPS) is 10.2. The van der Waals surface area contributed by atoms with E-state index in [0.717, 1.165) is 5.75 Å². The molecule has 0 bridgehead atoms. The van der Waals surface area contributed by atoms with Crippen molar-refractivity contribution in [2.24, 2.45) is 0 Å². The number of para-hydroxylation sites is 1. The molecule has 0 aromatic heterocycles. The summed E-state index contributed by atoms with van der Waals surface area (Å²) in [5.41, 5.74) is 1.06. The van der Waals surface area contributed by atoms with E-state index < -0.39 is 0 Å². The molecule has 1 amide bonds. The van der Waals surface area contributed by atoms with Gasteiger partial charge in [0.1, 0.15) is 24.7 Å². The zero-order valence-electron chi connectivity index (χ0n) is 14.0. The van der Waals surface area contributed by atoms with Gasteiger partial charge in [-0.25, -0.2) is 0 Å². The number of ether oxygens (including phenoxy) is 2. The maximum atomic E-state index is 12.3. The van der Waals surface area contributed by atoms with Gasteiger partial charge in [-0.15, -0.1) is 0 Å². The molecule has 0 saturated carbocycles. The maximum absolute atomic E-state index is 12.3. The lowest BCUT2D eigenvalue weighted by Crippen LogP contribution is -2.13. The molecule has 0 radical (unpaired) electrons. The predicted molar refractivity (Wildman–Crippen MR) is 103 cm³/mol. The molecule has 132 valence electrons. The molecule has 0 fully saturated rings. The third-order valence-electron chi connectivity index (χ3n) is 3.57. The lowest BCUT2D eigenvalue weighted by Gasteiger charge is -2.10. The van der Waals surface area contributed by atoms with Gasteiger partial charge in [-0.3, -0.25) is 4.79 Å². The summed E-state index contributed by atoms with van der Waals surface area (Å²) in [6.45, 7) is 0.830. The van der Waals surface area contributed by atoms with Crippen LogP contribution < -0.4 is 14.8 Å². The van der Waals surface area contributed by atoms with Crippen molar-refractivity contribution in [2.75, 3.05) is 18.5 Å². The Hall–Kier alpha value is -2.98. The number of anilines is 1. The van der Waals surface area contributed by atoms with Gasteiger partial charge in [0, 0.05) is 11.8 Å². The average molecular weight is 368 g/mol. The molecule has 0 heterocycles. The van der Waals surface area contributed by atoms with E-state index in [2.05, 4.69) is 5.32 Å². The van der Waals surface area contributed by atoms with Crippen LogP contribution in [-0.4, -0.2) is 19.1 Å². The van der Waals surface area contributed by atoms with Crippen molar-refractivity contribution in [1.29, 1.82) is 0 Å². The topological polar surface area (TPSA) is 47.6 Å². The first-order chi connectivity index (χ1) is 12.7. The number of carbonyl (C=O) groups is 1. The zero-order chi connectivity index (χ0) is 18.2. The van der Waals surface area contributed by atoms with E-state index in [0.29, 0.717) is 35.2 Å². The van der Waals surface area contributed by atoms with Crippen LogP contribution in [0.15, 0.2) is 78.9 Å². The maximum Gasteiger partial charge on any atom is 0.257 e. The van der Waals surface area contributed by atoms with Crippen molar-refractivity contribution in [3.8, 4) is 11.5 Å². The highest BCUT2D eigenvalue weighted by Crippen LogP contribution is 2.20. The van der Waals surface area contributed by atoms with E-state index >= 15 is 0 Å². The number of benzene rings is 3. The van der Waals surface area contributed by atoms with Gasteiger partial charge in [-0.2, -0.15) is 0 Å². The van der Waals surface area contributed by atoms with E-state index in [4.69, 9.17) is 21.1 Å². The molecule has 26 heavy (non-hydrogen) atoms. The van der Waals surface area contributed by atoms with Gasteiger partial charge in [-0.1, -0.05) is 48.0 Å². The molecule has 3 aromatic rings. The summed E-state index contributed by atoms with van der Waals surface area (Å²) in [5.74, 6) is 1.19. The average Bonchev–Trinajstić information content (AvgIpc) is 2.67. The summed E-state index contributed by atoms with van der Waals surface area (Å²) in [4.78, 5) is 12.3. The number of rotatable bonds is 7. The van der Waals surface area contributed by atoms with Crippen molar-refractivity contribution >= 4 is 23.2 Å². The molecule has 0 aliphatic carbocycles. The van der Waals surface area contributed by atoms with Crippen LogP contribution >= 0.6 is 11.6 Å². The van der Waals surface area contributed by atoms with Gasteiger partial charge in [0.2, 0.25) is 0 Å². The number of hydrogen-bond acceptors (Lipinski definition) is 3. The van der Waals surface area contributed by atoms with Crippen molar-refractivity contribution in [3.05, 3.63) is 89.4 Å². The highest BCUT2D eigenvalue weighted by atomic mass is 35.5. The van der Waals surface area contributed by atoms with E-state index in [-0.39, 0.29) is 5.91 Å². The standard InChI is InChI=1S/C21H18ClNO3/c22-20-12-5-4-11-19(20)21(24)23-16-7-6-10-18(15-16)26-14-13-25-17-8-2-1-3-9-17/h1-12,15H,13-14H2,(H,23,24). The summed E-state index contributed by atoms with van der Waals surface area (Å²) in [6.07, 6.45) is 0. The summed E-state index contributed by atoms with van der Waals surface area (Å²) >= 11 is 6.05. The molecule has 0 aliphatic rings. The van der Waals surface area contributed by atoms with Crippen LogP contribution in [0.1, 0.15) is 10.4 Å². The first-order valence-corrected chi connectivity index (χ1v) is 8.57. The number of halogens is 1. The summed E-state index contributed by atoms with van der Waals surface area (Å²) in [7, 11) is 0. The first-order valence-electron chi connectivity index (χ1n) is 8.19. The Balaban J connectivity index is 1.53. The Labute approximate surface area is 157 Å². The largest absolute Gasteiger partial charge is 0.490 e. The lowest BCUT2D eigenvalue weighted by molar-refractivity contribution is 0.102. The molecule has 3 aromatic carbocycles. The molecular weight excluding hydrogens is 350 g/mol. The van der Waals surface area contributed by atoms with Gasteiger partial charge in [0.05, 0.1) is 10.6 Å². The first kappa shape index (κ1) is 17.8. The zero-order valence-corrected chi connectivity index (χ0v) is 14.8. The third kappa shape index (κ3) is 5.01. The molecule has 0 atom stereocenters. The molecule has 3 rings (SSSR count). The van der Waals surface area contributed by atoms with E-state index in [1.54, 1.807) is 36.4 Å². The van der Waals surface area contributed by atoms with Crippen LogP contribution in [0, 0.1) is 0 Å². The molecule has 1 N–H and O–H groups in total. The van der Waals surface area contributed by atoms with Crippen LogP contribution in [0.5, 0.6) is 11.5 Å². The van der Waals surface area contributed by atoms with Crippen molar-refractivity contribution in [1.82, 2.24) is 0 Å². The molecule has 4 nitrogen and oxygen atoms in total. The highest BCUT2D eigenvalue weighted by molar-refractivity contribution is 6.34. The monoisotopic (exact) mass is 367 g/mol. The Morgan fingerprint density at radius 2 is 1.46 bits per heavy atom. The number of amides is 1. The quantitative estimate of drug-likeness (QED) is 0.594. The molecule has 0 unspecified atom stereocenters. The SMILES string of the molecule is O=C(Nc1cccc(OCCOc2ccccc2)c1)c1ccccc1Cl. The Morgan fingerprint density at radius 1 is 0.808 bits per heavy atom. The van der Waals surface area contributed by atoms with Crippen molar-refractivity contribution < 1.29 is 14.3 Å². The summed E-state index contributed by atoms with van der Waals surface area (Å²) in [6, 6.07) is 23.7. The minimum absolute atomic E-state index is 0.264. The van der Waals surface area contributed by atoms with E-state index in [1.807, 2.05) is 42.5 Å². The van der Waals surface area contributed by atoms with Crippen molar-refractivity contribution in [3.63, 3.8) is 0 Å². The fourth-order valence-corrected chi connectivity index (χ4v) is 2.56. The molecule has 0 spiro atoms. The second-order valence-corrected chi connectivity index (χ2v) is 5.88. The predicted octanol–water partition coefficient (Wildman–Crippen LogP) is 5.05. The van der Waals surface area contributed by atoms with Crippen molar-refractivity contribution in [2.45, 2.75) is 0 Å². The van der Waals surface area contributed by atoms with E-state index in [1.165, 1.54) is 0 Å². The minimum Gasteiger partial charge on any atom is -0.490 e. The molecule has 0 aliphatic heterocycles. The van der Waals surface area contributed by atoms with Crippen LogP contribution in [0.4, 0.5) is 5.69 Å². The molecule has 5 heteroatoms. The third-order valence-corrected chi connectivity index (χ3v) is 3.90. The molecular formula is C21H18ClNO3. The summed E-state index contributed by atoms with van der Waals surface area (Å²) < 4.78 is 11.3. The van der Waals surface area contributed by atoms with Gasteiger partial charge >= 0.3 is 0 Å². The van der Waals surface area contributed by atoms with Gasteiger partial charge < -0.3 is 14.8 Å². The Bertz CT molecular complexity index is 868.